The highest BCUT2D eigenvalue weighted by molar-refractivity contribution is 7.89. The minimum absolute atomic E-state index is 0.158. The molecule has 0 aromatic carbocycles. The van der Waals surface area contributed by atoms with Crippen molar-refractivity contribution in [3.63, 3.8) is 0 Å². The van der Waals surface area contributed by atoms with Crippen LogP contribution in [-0.2, 0) is 16.6 Å². The standard InChI is InChI=1S/C15H23N3O2S/c16-10-12-7-8-15(17-11-12)21(19,20)18-9-3-5-13-4-1-2-6-14(13)18/h7-8,11,13-14H,1-6,9-10,16H2. The molecule has 2 aliphatic rings. The highest BCUT2D eigenvalue weighted by Crippen LogP contribution is 2.37. The summed E-state index contributed by atoms with van der Waals surface area (Å²) in [5.74, 6) is 0.533. The minimum atomic E-state index is -3.48. The molecule has 1 saturated carbocycles. The zero-order valence-corrected chi connectivity index (χ0v) is 13.1. The van der Waals surface area contributed by atoms with E-state index in [2.05, 4.69) is 4.98 Å². The minimum Gasteiger partial charge on any atom is -0.326 e. The largest absolute Gasteiger partial charge is 0.326 e. The molecule has 2 unspecified atom stereocenters. The molecule has 1 saturated heterocycles. The number of rotatable bonds is 3. The average molecular weight is 309 g/mol. The van der Waals surface area contributed by atoms with Gasteiger partial charge in [0.15, 0.2) is 5.03 Å². The molecule has 2 N–H and O–H groups in total. The Kier molecular flexibility index (Phi) is 4.28. The van der Waals surface area contributed by atoms with Crippen molar-refractivity contribution in [3.8, 4) is 0 Å². The zero-order valence-electron chi connectivity index (χ0n) is 12.2. The van der Waals surface area contributed by atoms with Gasteiger partial charge < -0.3 is 5.73 Å². The molecule has 116 valence electrons. The Labute approximate surface area is 126 Å². The molecule has 0 amide bonds. The van der Waals surface area contributed by atoms with E-state index >= 15 is 0 Å². The van der Waals surface area contributed by atoms with Crippen LogP contribution >= 0.6 is 0 Å². The molecule has 2 atom stereocenters. The summed E-state index contributed by atoms with van der Waals surface area (Å²) in [4.78, 5) is 4.12. The van der Waals surface area contributed by atoms with Crippen LogP contribution in [0, 0.1) is 5.92 Å². The molecular weight excluding hydrogens is 286 g/mol. The van der Waals surface area contributed by atoms with E-state index < -0.39 is 10.0 Å². The predicted octanol–water partition coefficient (Wildman–Crippen LogP) is 1.88. The third-order valence-corrected chi connectivity index (χ3v) is 6.64. The van der Waals surface area contributed by atoms with Gasteiger partial charge in [-0.15, -0.1) is 0 Å². The van der Waals surface area contributed by atoms with Crippen molar-refractivity contribution in [3.05, 3.63) is 23.9 Å². The third-order valence-electron chi connectivity index (χ3n) is 4.80. The van der Waals surface area contributed by atoms with Crippen molar-refractivity contribution in [1.82, 2.24) is 9.29 Å². The first-order valence-electron chi connectivity index (χ1n) is 7.80. The maximum Gasteiger partial charge on any atom is 0.260 e. The lowest BCUT2D eigenvalue weighted by atomic mass is 9.79. The number of hydrogen-bond donors (Lipinski definition) is 1. The fourth-order valence-electron chi connectivity index (χ4n) is 3.68. The van der Waals surface area contributed by atoms with Crippen molar-refractivity contribution in [2.75, 3.05) is 6.54 Å². The van der Waals surface area contributed by atoms with E-state index in [4.69, 9.17) is 5.73 Å². The number of nitrogens with zero attached hydrogens (tertiary/aromatic N) is 2. The highest BCUT2D eigenvalue weighted by Gasteiger charge is 2.40. The van der Waals surface area contributed by atoms with Crippen LogP contribution in [0.5, 0.6) is 0 Å². The molecule has 0 radical (unpaired) electrons. The first-order valence-corrected chi connectivity index (χ1v) is 9.24. The highest BCUT2D eigenvalue weighted by atomic mass is 32.2. The van der Waals surface area contributed by atoms with Gasteiger partial charge in [-0.05, 0) is 43.2 Å². The molecule has 1 aliphatic heterocycles. The molecule has 2 heterocycles. The van der Waals surface area contributed by atoms with Gasteiger partial charge >= 0.3 is 0 Å². The van der Waals surface area contributed by atoms with Gasteiger partial charge in [-0.25, -0.2) is 13.4 Å². The zero-order chi connectivity index (χ0) is 14.9. The average Bonchev–Trinajstić information content (AvgIpc) is 2.54. The van der Waals surface area contributed by atoms with Gasteiger partial charge in [0.2, 0.25) is 0 Å². The van der Waals surface area contributed by atoms with E-state index in [1.54, 1.807) is 22.6 Å². The van der Waals surface area contributed by atoms with Gasteiger partial charge in [-0.3, -0.25) is 0 Å². The number of pyridine rings is 1. The van der Waals surface area contributed by atoms with Crippen molar-refractivity contribution in [2.45, 2.75) is 56.1 Å². The van der Waals surface area contributed by atoms with Crippen LogP contribution in [0.1, 0.15) is 44.1 Å². The van der Waals surface area contributed by atoms with E-state index in [9.17, 15) is 8.42 Å². The summed E-state index contributed by atoms with van der Waals surface area (Å²) < 4.78 is 27.5. The normalized spacial score (nSPS) is 27.3. The van der Waals surface area contributed by atoms with Gasteiger partial charge in [0.1, 0.15) is 0 Å². The first-order chi connectivity index (χ1) is 10.1. The fourth-order valence-corrected chi connectivity index (χ4v) is 5.35. The summed E-state index contributed by atoms with van der Waals surface area (Å²) in [6.45, 7) is 1.01. The Balaban J connectivity index is 1.88. The summed E-state index contributed by atoms with van der Waals surface area (Å²) >= 11 is 0. The van der Waals surface area contributed by atoms with Gasteiger partial charge in [-0.2, -0.15) is 4.31 Å². The van der Waals surface area contributed by atoms with Crippen molar-refractivity contribution in [1.29, 1.82) is 0 Å². The van der Waals surface area contributed by atoms with Crippen LogP contribution in [0.2, 0.25) is 0 Å². The third kappa shape index (κ3) is 2.84. The summed E-state index contributed by atoms with van der Waals surface area (Å²) in [6.07, 6.45) is 8.21. The second-order valence-corrected chi connectivity index (χ2v) is 7.92. The van der Waals surface area contributed by atoms with Crippen LogP contribution in [0.25, 0.3) is 0 Å². The number of aromatic nitrogens is 1. The molecule has 0 bridgehead atoms. The summed E-state index contributed by atoms with van der Waals surface area (Å²) in [7, 11) is -3.48. The van der Waals surface area contributed by atoms with E-state index in [0.29, 0.717) is 19.0 Å². The van der Waals surface area contributed by atoms with Crippen LogP contribution < -0.4 is 5.73 Å². The molecule has 0 spiro atoms. The summed E-state index contributed by atoms with van der Waals surface area (Å²) in [5, 5.41) is 0.158. The SMILES string of the molecule is NCc1ccc(S(=O)(=O)N2CCCC3CCCCC32)nc1. The van der Waals surface area contributed by atoms with Crippen molar-refractivity contribution < 1.29 is 8.42 Å². The molecule has 2 fully saturated rings. The van der Waals surface area contributed by atoms with Gasteiger partial charge in [0, 0.05) is 25.3 Å². The number of sulfonamides is 1. The quantitative estimate of drug-likeness (QED) is 0.925. The number of hydrogen-bond acceptors (Lipinski definition) is 4. The maximum atomic E-state index is 12.9. The Morgan fingerprint density at radius 1 is 1.19 bits per heavy atom. The van der Waals surface area contributed by atoms with Gasteiger partial charge in [0.05, 0.1) is 0 Å². The summed E-state index contributed by atoms with van der Waals surface area (Å²) in [5.41, 5.74) is 6.39. The Morgan fingerprint density at radius 3 is 2.67 bits per heavy atom. The lowest BCUT2D eigenvalue weighted by Crippen LogP contribution is -2.49. The number of nitrogens with two attached hydrogens (primary N) is 1. The molecule has 21 heavy (non-hydrogen) atoms. The molecule has 1 aromatic heterocycles. The van der Waals surface area contributed by atoms with E-state index in [1.807, 2.05) is 0 Å². The maximum absolute atomic E-state index is 12.9. The molecule has 5 nitrogen and oxygen atoms in total. The van der Waals surface area contributed by atoms with E-state index in [1.165, 1.54) is 6.42 Å². The van der Waals surface area contributed by atoms with Crippen molar-refractivity contribution in [2.24, 2.45) is 11.7 Å². The molecule has 1 aliphatic carbocycles. The Bertz CT molecular complexity index is 583. The van der Waals surface area contributed by atoms with Crippen LogP contribution in [0.4, 0.5) is 0 Å². The van der Waals surface area contributed by atoms with Gasteiger partial charge in [-0.1, -0.05) is 18.9 Å². The van der Waals surface area contributed by atoms with E-state index in [-0.39, 0.29) is 11.1 Å². The second kappa shape index (κ2) is 6.02. The smallest absolute Gasteiger partial charge is 0.260 e. The molecule has 1 aromatic rings. The Morgan fingerprint density at radius 2 is 1.95 bits per heavy atom. The van der Waals surface area contributed by atoms with Crippen LogP contribution in [0.3, 0.4) is 0 Å². The van der Waals surface area contributed by atoms with Crippen LogP contribution in [0.15, 0.2) is 23.4 Å². The molecular formula is C15H23N3O2S. The lowest BCUT2D eigenvalue weighted by Gasteiger charge is -2.42. The van der Waals surface area contributed by atoms with Gasteiger partial charge in [0.25, 0.3) is 10.0 Å². The molecule has 6 heteroatoms. The number of piperidine rings is 1. The topological polar surface area (TPSA) is 76.3 Å². The first kappa shape index (κ1) is 14.9. The monoisotopic (exact) mass is 309 g/mol. The second-order valence-electron chi connectivity index (χ2n) is 6.08. The van der Waals surface area contributed by atoms with Crippen LogP contribution in [-0.4, -0.2) is 30.3 Å². The molecule has 3 rings (SSSR count). The predicted molar refractivity (Wildman–Crippen MR) is 81.0 cm³/mol. The summed E-state index contributed by atoms with van der Waals surface area (Å²) in [6, 6.07) is 3.51. The Hall–Kier alpha value is -0.980. The lowest BCUT2D eigenvalue weighted by molar-refractivity contribution is 0.129. The number of fused-ring (bicyclic) bond motifs is 1. The fraction of sp³-hybridized carbons (Fsp3) is 0.667. The van der Waals surface area contributed by atoms with E-state index in [0.717, 1.165) is 37.7 Å². The van der Waals surface area contributed by atoms with Crippen molar-refractivity contribution >= 4 is 10.0 Å².